The number of para-hydroxylation sites is 1. The van der Waals surface area contributed by atoms with Gasteiger partial charge in [0.2, 0.25) is 0 Å². The van der Waals surface area contributed by atoms with Crippen molar-refractivity contribution in [2.75, 3.05) is 0 Å². The van der Waals surface area contributed by atoms with Crippen molar-refractivity contribution in [1.82, 2.24) is 4.57 Å². The second kappa shape index (κ2) is 3.84. The minimum atomic E-state index is 0.255. The molecule has 2 nitrogen and oxygen atoms in total. The highest BCUT2D eigenvalue weighted by Gasteiger charge is 2.03. The van der Waals surface area contributed by atoms with Crippen LogP contribution >= 0.6 is 0 Å². The molecule has 1 atom stereocenters. The van der Waals surface area contributed by atoms with Gasteiger partial charge in [-0.2, -0.15) is 0 Å². The average Bonchev–Trinajstić information content (AvgIpc) is 2.62. The summed E-state index contributed by atoms with van der Waals surface area (Å²) in [7, 11) is 0. The van der Waals surface area contributed by atoms with E-state index in [1.165, 1.54) is 10.9 Å². The summed E-state index contributed by atoms with van der Waals surface area (Å²) in [6.07, 6.45) is 3.13. The maximum atomic E-state index is 5.93. The van der Waals surface area contributed by atoms with Gasteiger partial charge in [-0.05, 0) is 23.9 Å². The van der Waals surface area contributed by atoms with Gasteiger partial charge < -0.3 is 10.3 Å². The van der Waals surface area contributed by atoms with E-state index in [1.54, 1.807) is 0 Å². The molecular weight excluding hydrogens is 172 g/mol. The maximum absolute atomic E-state index is 5.93. The summed E-state index contributed by atoms with van der Waals surface area (Å²) in [6.45, 7) is 3.03. The Morgan fingerprint density at radius 1 is 1.29 bits per heavy atom. The van der Waals surface area contributed by atoms with Gasteiger partial charge in [-0.25, -0.2) is 0 Å². The summed E-state index contributed by atoms with van der Waals surface area (Å²) in [4.78, 5) is 0. The van der Waals surface area contributed by atoms with Crippen LogP contribution in [0.15, 0.2) is 36.5 Å². The Bertz CT molecular complexity index is 417. The molecule has 0 spiro atoms. The summed E-state index contributed by atoms with van der Waals surface area (Å²) in [5, 5.41) is 1.29. The number of aromatic nitrogens is 1. The molecule has 0 saturated carbocycles. The van der Waals surface area contributed by atoms with Gasteiger partial charge in [0.25, 0.3) is 0 Å². The van der Waals surface area contributed by atoms with Crippen LogP contribution in [0.2, 0.25) is 0 Å². The van der Waals surface area contributed by atoms with Gasteiger partial charge in [-0.3, -0.25) is 0 Å². The van der Waals surface area contributed by atoms with Crippen molar-refractivity contribution in [2.24, 2.45) is 5.73 Å². The number of nitrogens with zero attached hydrogens (tertiary/aromatic N) is 1. The zero-order chi connectivity index (χ0) is 9.97. The Morgan fingerprint density at radius 2 is 2.07 bits per heavy atom. The van der Waals surface area contributed by atoms with E-state index in [0.29, 0.717) is 0 Å². The number of nitrogens with two attached hydrogens (primary N) is 1. The molecule has 0 radical (unpaired) electrons. The first-order valence-electron chi connectivity index (χ1n) is 5.10. The Balaban J connectivity index is 2.33. The summed E-state index contributed by atoms with van der Waals surface area (Å²) < 4.78 is 2.23. The summed E-state index contributed by atoms with van der Waals surface area (Å²) in [6, 6.07) is 10.8. The largest absolute Gasteiger partial charge is 0.346 e. The van der Waals surface area contributed by atoms with E-state index in [0.717, 1.165) is 13.0 Å². The van der Waals surface area contributed by atoms with Crippen LogP contribution in [0, 0.1) is 0 Å². The van der Waals surface area contributed by atoms with Crippen molar-refractivity contribution >= 4 is 10.9 Å². The highest BCUT2D eigenvalue weighted by molar-refractivity contribution is 5.79. The molecule has 1 aromatic heterocycles. The second-order valence-electron chi connectivity index (χ2n) is 3.70. The molecule has 0 amide bonds. The monoisotopic (exact) mass is 188 g/mol. The average molecular weight is 188 g/mol. The molecule has 0 saturated heterocycles. The van der Waals surface area contributed by atoms with Crippen LogP contribution < -0.4 is 5.73 Å². The lowest BCUT2D eigenvalue weighted by Crippen LogP contribution is -2.24. The highest BCUT2D eigenvalue weighted by atomic mass is 15.0. The van der Waals surface area contributed by atoms with Crippen molar-refractivity contribution in [3.05, 3.63) is 36.5 Å². The van der Waals surface area contributed by atoms with Gasteiger partial charge in [0, 0.05) is 24.3 Å². The molecule has 0 aliphatic heterocycles. The first-order chi connectivity index (χ1) is 6.81. The lowest BCUT2D eigenvalue weighted by atomic mass is 10.2. The number of hydrogen-bond donors (Lipinski definition) is 1. The van der Waals surface area contributed by atoms with E-state index in [4.69, 9.17) is 5.73 Å². The zero-order valence-electron chi connectivity index (χ0n) is 8.48. The van der Waals surface area contributed by atoms with Crippen molar-refractivity contribution in [1.29, 1.82) is 0 Å². The normalized spacial score (nSPS) is 13.3. The van der Waals surface area contributed by atoms with Gasteiger partial charge in [0.1, 0.15) is 0 Å². The van der Waals surface area contributed by atoms with Gasteiger partial charge in [-0.1, -0.05) is 25.1 Å². The molecule has 2 N–H and O–H groups in total. The molecule has 2 heteroatoms. The van der Waals surface area contributed by atoms with E-state index in [9.17, 15) is 0 Å². The van der Waals surface area contributed by atoms with E-state index in [1.807, 2.05) is 0 Å². The summed E-state index contributed by atoms with van der Waals surface area (Å²) >= 11 is 0. The van der Waals surface area contributed by atoms with Crippen molar-refractivity contribution in [2.45, 2.75) is 25.9 Å². The van der Waals surface area contributed by atoms with Crippen molar-refractivity contribution < 1.29 is 0 Å². The van der Waals surface area contributed by atoms with Gasteiger partial charge in [-0.15, -0.1) is 0 Å². The fourth-order valence-corrected chi connectivity index (χ4v) is 1.68. The number of benzene rings is 1. The molecule has 1 heterocycles. The molecule has 1 unspecified atom stereocenters. The maximum Gasteiger partial charge on any atom is 0.0480 e. The minimum absolute atomic E-state index is 0.255. The molecule has 0 bridgehead atoms. The first kappa shape index (κ1) is 9.28. The third kappa shape index (κ3) is 1.66. The van der Waals surface area contributed by atoms with Gasteiger partial charge in [0.15, 0.2) is 0 Å². The fraction of sp³-hybridized carbons (Fsp3) is 0.333. The number of hydrogen-bond acceptors (Lipinski definition) is 1. The third-order valence-corrected chi connectivity index (χ3v) is 2.64. The predicted octanol–water partition coefficient (Wildman–Crippen LogP) is 2.38. The van der Waals surface area contributed by atoms with Gasteiger partial charge >= 0.3 is 0 Å². The van der Waals surface area contributed by atoms with Gasteiger partial charge in [0.05, 0.1) is 0 Å². The summed E-state index contributed by atoms with van der Waals surface area (Å²) in [5.41, 5.74) is 7.21. The Labute approximate surface area is 84.3 Å². The van der Waals surface area contributed by atoms with Crippen LogP contribution in [0.1, 0.15) is 13.3 Å². The predicted molar refractivity (Wildman–Crippen MR) is 60.2 cm³/mol. The quantitative estimate of drug-likeness (QED) is 0.787. The molecule has 0 aliphatic rings. The molecule has 2 aromatic rings. The molecule has 1 aromatic carbocycles. The lowest BCUT2D eigenvalue weighted by molar-refractivity contribution is 0.550. The van der Waals surface area contributed by atoms with E-state index in [-0.39, 0.29) is 6.04 Å². The van der Waals surface area contributed by atoms with Crippen LogP contribution in [-0.2, 0) is 6.54 Å². The SMILES string of the molecule is CCC(N)Cn1ccc2ccccc21. The van der Waals surface area contributed by atoms with Crippen LogP contribution in [0.25, 0.3) is 10.9 Å². The summed E-state index contributed by atoms with van der Waals surface area (Å²) in [5.74, 6) is 0. The molecule has 0 aliphatic carbocycles. The van der Waals surface area contributed by atoms with Crippen molar-refractivity contribution in [3.8, 4) is 0 Å². The highest BCUT2D eigenvalue weighted by Crippen LogP contribution is 2.15. The molecule has 2 rings (SSSR count). The standard InChI is InChI=1S/C12H16N2/c1-2-11(13)9-14-8-7-10-5-3-4-6-12(10)14/h3-8,11H,2,9,13H2,1H3. The smallest absolute Gasteiger partial charge is 0.0480 e. The zero-order valence-corrected chi connectivity index (χ0v) is 8.48. The Morgan fingerprint density at radius 3 is 2.86 bits per heavy atom. The first-order valence-corrected chi connectivity index (χ1v) is 5.10. The lowest BCUT2D eigenvalue weighted by Gasteiger charge is -2.10. The van der Waals surface area contributed by atoms with Crippen LogP contribution in [-0.4, -0.2) is 10.6 Å². The van der Waals surface area contributed by atoms with Crippen LogP contribution in [0.3, 0.4) is 0 Å². The Hall–Kier alpha value is -1.28. The molecular formula is C12H16N2. The third-order valence-electron chi connectivity index (χ3n) is 2.64. The fourth-order valence-electron chi connectivity index (χ4n) is 1.68. The van der Waals surface area contributed by atoms with Crippen LogP contribution in [0.5, 0.6) is 0 Å². The second-order valence-corrected chi connectivity index (χ2v) is 3.70. The van der Waals surface area contributed by atoms with E-state index in [2.05, 4.69) is 48.0 Å². The van der Waals surface area contributed by atoms with Crippen LogP contribution in [0.4, 0.5) is 0 Å². The minimum Gasteiger partial charge on any atom is -0.346 e. The molecule has 14 heavy (non-hydrogen) atoms. The number of fused-ring (bicyclic) bond motifs is 1. The Kier molecular flexibility index (Phi) is 2.55. The molecule has 0 fully saturated rings. The topological polar surface area (TPSA) is 30.9 Å². The van der Waals surface area contributed by atoms with E-state index >= 15 is 0 Å². The van der Waals surface area contributed by atoms with E-state index < -0.39 is 0 Å². The molecule has 74 valence electrons. The van der Waals surface area contributed by atoms with Crippen molar-refractivity contribution in [3.63, 3.8) is 0 Å². The number of rotatable bonds is 3.